The standard InChI is InChI=1S/C8H13NO/c1-3-7-4-6(2)8(9)5-10-7/h4-5,7H,3,9H2,1-2H3. The first-order valence-electron chi connectivity index (χ1n) is 3.54. The Balaban J connectivity index is 2.66. The molecule has 0 fully saturated rings. The van der Waals surface area contributed by atoms with Gasteiger partial charge in [0, 0.05) is 0 Å². The zero-order chi connectivity index (χ0) is 7.56. The molecule has 0 saturated heterocycles. The lowest BCUT2D eigenvalue weighted by atomic mass is 10.1. The van der Waals surface area contributed by atoms with Crippen molar-refractivity contribution >= 4 is 0 Å². The Kier molecular flexibility index (Phi) is 2.00. The number of ether oxygens (including phenoxy) is 1. The van der Waals surface area contributed by atoms with E-state index in [9.17, 15) is 0 Å². The average Bonchev–Trinajstić information content (AvgIpc) is 1.95. The van der Waals surface area contributed by atoms with Crippen LogP contribution in [0.5, 0.6) is 0 Å². The van der Waals surface area contributed by atoms with Crippen molar-refractivity contribution in [1.82, 2.24) is 0 Å². The molecule has 0 radical (unpaired) electrons. The van der Waals surface area contributed by atoms with E-state index in [0.717, 1.165) is 17.7 Å². The molecule has 1 aliphatic heterocycles. The van der Waals surface area contributed by atoms with Crippen molar-refractivity contribution in [1.29, 1.82) is 0 Å². The van der Waals surface area contributed by atoms with Crippen LogP contribution in [0.25, 0.3) is 0 Å². The van der Waals surface area contributed by atoms with Gasteiger partial charge >= 0.3 is 0 Å². The molecule has 0 aromatic rings. The molecule has 0 aliphatic carbocycles. The summed E-state index contributed by atoms with van der Waals surface area (Å²) in [5.74, 6) is 0. The lowest BCUT2D eigenvalue weighted by Gasteiger charge is -2.17. The van der Waals surface area contributed by atoms with Crippen molar-refractivity contribution in [3.05, 3.63) is 23.6 Å². The van der Waals surface area contributed by atoms with Crippen molar-refractivity contribution in [3.8, 4) is 0 Å². The SMILES string of the molecule is CCC1C=C(C)C(N)=CO1. The molecule has 0 saturated carbocycles. The van der Waals surface area contributed by atoms with Gasteiger partial charge in [-0.1, -0.05) is 6.92 Å². The predicted molar refractivity (Wildman–Crippen MR) is 41.2 cm³/mol. The van der Waals surface area contributed by atoms with Crippen molar-refractivity contribution in [3.63, 3.8) is 0 Å². The maximum Gasteiger partial charge on any atom is 0.116 e. The second-order valence-corrected chi connectivity index (χ2v) is 2.51. The van der Waals surface area contributed by atoms with Gasteiger partial charge in [0.15, 0.2) is 0 Å². The number of rotatable bonds is 1. The van der Waals surface area contributed by atoms with E-state index in [2.05, 4.69) is 13.0 Å². The lowest BCUT2D eigenvalue weighted by Crippen LogP contribution is -2.14. The molecule has 0 amide bonds. The Morgan fingerprint density at radius 2 is 2.40 bits per heavy atom. The van der Waals surface area contributed by atoms with E-state index < -0.39 is 0 Å². The summed E-state index contributed by atoms with van der Waals surface area (Å²) in [6.45, 7) is 4.08. The third-order valence-corrected chi connectivity index (χ3v) is 1.66. The van der Waals surface area contributed by atoms with Crippen LogP contribution in [0, 0.1) is 0 Å². The Hall–Kier alpha value is -0.920. The highest BCUT2D eigenvalue weighted by molar-refractivity contribution is 5.27. The van der Waals surface area contributed by atoms with Gasteiger partial charge in [0.2, 0.25) is 0 Å². The van der Waals surface area contributed by atoms with E-state index in [4.69, 9.17) is 10.5 Å². The van der Waals surface area contributed by atoms with Crippen LogP contribution in [0.4, 0.5) is 0 Å². The molecule has 1 atom stereocenters. The Morgan fingerprint density at radius 1 is 1.70 bits per heavy atom. The summed E-state index contributed by atoms with van der Waals surface area (Å²) in [6, 6.07) is 0. The molecule has 2 heteroatoms. The van der Waals surface area contributed by atoms with Gasteiger partial charge < -0.3 is 10.5 Å². The fourth-order valence-corrected chi connectivity index (χ4v) is 0.882. The van der Waals surface area contributed by atoms with Gasteiger partial charge in [-0.25, -0.2) is 0 Å². The number of nitrogens with two attached hydrogens (primary N) is 1. The first-order chi connectivity index (χ1) is 4.74. The van der Waals surface area contributed by atoms with Crippen LogP contribution in [0.1, 0.15) is 20.3 Å². The van der Waals surface area contributed by atoms with E-state index in [1.165, 1.54) is 0 Å². The molecule has 2 N–H and O–H groups in total. The minimum absolute atomic E-state index is 0.229. The smallest absolute Gasteiger partial charge is 0.116 e. The minimum Gasteiger partial charge on any atom is -0.492 e. The van der Waals surface area contributed by atoms with Gasteiger partial charge in [-0.3, -0.25) is 0 Å². The molecule has 10 heavy (non-hydrogen) atoms. The van der Waals surface area contributed by atoms with E-state index >= 15 is 0 Å². The monoisotopic (exact) mass is 139 g/mol. The molecule has 1 rings (SSSR count). The van der Waals surface area contributed by atoms with Crippen LogP contribution in [-0.2, 0) is 4.74 Å². The topological polar surface area (TPSA) is 35.2 Å². The molecule has 0 aromatic carbocycles. The first kappa shape index (κ1) is 7.19. The average molecular weight is 139 g/mol. The summed E-state index contributed by atoms with van der Waals surface area (Å²) in [5.41, 5.74) is 7.43. The van der Waals surface area contributed by atoms with Crippen LogP contribution in [0.2, 0.25) is 0 Å². The summed E-state index contributed by atoms with van der Waals surface area (Å²) >= 11 is 0. The summed E-state index contributed by atoms with van der Waals surface area (Å²) in [4.78, 5) is 0. The normalized spacial score (nSPS) is 24.8. The second kappa shape index (κ2) is 2.78. The van der Waals surface area contributed by atoms with Crippen LogP contribution >= 0.6 is 0 Å². The van der Waals surface area contributed by atoms with Crippen molar-refractivity contribution in [2.75, 3.05) is 0 Å². The Morgan fingerprint density at radius 3 is 2.90 bits per heavy atom. The molecule has 0 aromatic heterocycles. The zero-order valence-electron chi connectivity index (χ0n) is 6.42. The maximum atomic E-state index is 5.56. The fraction of sp³-hybridized carbons (Fsp3) is 0.500. The molecular formula is C8H13NO. The second-order valence-electron chi connectivity index (χ2n) is 2.51. The molecule has 0 spiro atoms. The van der Waals surface area contributed by atoms with Crippen LogP contribution in [0.3, 0.4) is 0 Å². The summed E-state index contributed by atoms with van der Waals surface area (Å²) in [5, 5.41) is 0. The largest absolute Gasteiger partial charge is 0.492 e. The number of hydrogen-bond acceptors (Lipinski definition) is 2. The molecule has 1 heterocycles. The first-order valence-corrected chi connectivity index (χ1v) is 3.54. The molecular weight excluding hydrogens is 126 g/mol. The molecule has 1 unspecified atom stereocenters. The van der Waals surface area contributed by atoms with Gasteiger partial charge in [-0.2, -0.15) is 0 Å². The lowest BCUT2D eigenvalue weighted by molar-refractivity contribution is 0.175. The molecule has 0 bridgehead atoms. The highest BCUT2D eigenvalue weighted by Gasteiger charge is 2.08. The van der Waals surface area contributed by atoms with Gasteiger partial charge in [-0.15, -0.1) is 0 Å². The quantitative estimate of drug-likeness (QED) is 0.598. The maximum absolute atomic E-state index is 5.56. The highest BCUT2D eigenvalue weighted by atomic mass is 16.5. The number of allylic oxidation sites excluding steroid dienone is 1. The van der Waals surface area contributed by atoms with Crippen molar-refractivity contribution in [2.24, 2.45) is 5.73 Å². The van der Waals surface area contributed by atoms with Crippen LogP contribution in [0.15, 0.2) is 23.6 Å². The van der Waals surface area contributed by atoms with E-state index in [0.29, 0.717) is 0 Å². The molecule has 1 aliphatic rings. The summed E-state index contributed by atoms with van der Waals surface area (Å²) < 4.78 is 5.25. The van der Waals surface area contributed by atoms with E-state index in [-0.39, 0.29) is 6.10 Å². The van der Waals surface area contributed by atoms with Crippen molar-refractivity contribution in [2.45, 2.75) is 26.4 Å². The summed E-state index contributed by atoms with van der Waals surface area (Å²) in [6.07, 6.45) is 4.91. The van der Waals surface area contributed by atoms with Crippen molar-refractivity contribution < 1.29 is 4.74 Å². The molecule has 56 valence electrons. The fourth-order valence-electron chi connectivity index (χ4n) is 0.882. The minimum atomic E-state index is 0.229. The number of hydrogen-bond donors (Lipinski definition) is 1. The summed E-state index contributed by atoms with van der Waals surface area (Å²) in [7, 11) is 0. The van der Waals surface area contributed by atoms with Gasteiger partial charge in [0.1, 0.15) is 12.4 Å². The van der Waals surface area contributed by atoms with E-state index in [1.54, 1.807) is 6.26 Å². The van der Waals surface area contributed by atoms with Gasteiger partial charge in [-0.05, 0) is 25.0 Å². The third-order valence-electron chi connectivity index (χ3n) is 1.66. The van der Waals surface area contributed by atoms with Crippen LogP contribution < -0.4 is 5.73 Å². The Labute approximate surface area is 61.4 Å². The van der Waals surface area contributed by atoms with Gasteiger partial charge in [0.25, 0.3) is 0 Å². The highest BCUT2D eigenvalue weighted by Crippen LogP contribution is 2.14. The van der Waals surface area contributed by atoms with Crippen LogP contribution in [-0.4, -0.2) is 6.10 Å². The zero-order valence-corrected chi connectivity index (χ0v) is 6.42. The Bertz CT molecular complexity index is 182. The predicted octanol–water partition coefficient (Wildman–Crippen LogP) is 1.54. The van der Waals surface area contributed by atoms with Gasteiger partial charge in [0.05, 0.1) is 5.70 Å². The molecule has 2 nitrogen and oxygen atoms in total. The van der Waals surface area contributed by atoms with E-state index in [1.807, 2.05) is 6.92 Å². The third kappa shape index (κ3) is 1.32.